The highest BCUT2D eigenvalue weighted by atomic mass is 16.5. The van der Waals surface area contributed by atoms with Crippen LogP contribution in [-0.4, -0.2) is 48.6 Å². The molecule has 2 N–H and O–H groups in total. The summed E-state index contributed by atoms with van der Waals surface area (Å²) < 4.78 is 5.47. The summed E-state index contributed by atoms with van der Waals surface area (Å²) in [6, 6.07) is 17.9. The molecule has 0 aliphatic carbocycles. The molecule has 1 heterocycles. The maximum atomic E-state index is 9.36. The second-order valence-electron chi connectivity index (χ2n) is 6.14. The first kappa shape index (κ1) is 17.2. The number of rotatable bonds is 6. The second kappa shape index (κ2) is 7.51. The highest BCUT2D eigenvalue weighted by molar-refractivity contribution is 5.83. The minimum atomic E-state index is -0.874. The molecule has 2 aromatic carbocycles. The lowest BCUT2D eigenvalue weighted by molar-refractivity contribution is 0.0536. The van der Waals surface area contributed by atoms with Gasteiger partial charge >= 0.3 is 0 Å². The van der Waals surface area contributed by atoms with Gasteiger partial charge in [-0.2, -0.15) is 0 Å². The fraction of sp³-hybridized carbons (Fsp3) is 0.250. The van der Waals surface area contributed by atoms with Crippen LogP contribution in [0.4, 0.5) is 5.69 Å². The molecule has 0 aliphatic rings. The van der Waals surface area contributed by atoms with Crippen molar-refractivity contribution in [1.29, 1.82) is 0 Å². The van der Waals surface area contributed by atoms with Crippen molar-refractivity contribution in [3.05, 3.63) is 54.6 Å². The number of fused-ring (bicyclic) bond motifs is 1. The molecule has 130 valence electrons. The van der Waals surface area contributed by atoms with Crippen molar-refractivity contribution < 1.29 is 14.9 Å². The van der Waals surface area contributed by atoms with Crippen LogP contribution in [0.3, 0.4) is 0 Å². The number of benzene rings is 2. The number of hydrogen-bond donors (Lipinski definition) is 2. The zero-order chi connectivity index (χ0) is 17.8. The third-order valence-electron chi connectivity index (χ3n) is 3.99. The van der Waals surface area contributed by atoms with E-state index in [4.69, 9.17) is 14.8 Å². The van der Waals surface area contributed by atoms with Crippen LogP contribution in [0.1, 0.15) is 0 Å². The molecule has 5 heteroatoms. The van der Waals surface area contributed by atoms with Crippen LogP contribution in [0.2, 0.25) is 0 Å². The molecule has 0 spiro atoms. The molecule has 1 atom stereocenters. The van der Waals surface area contributed by atoms with E-state index in [-0.39, 0.29) is 13.2 Å². The summed E-state index contributed by atoms with van der Waals surface area (Å²) in [4.78, 5) is 6.78. The normalized spacial score (nSPS) is 12.2. The van der Waals surface area contributed by atoms with Crippen LogP contribution in [-0.2, 0) is 0 Å². The van der Waals surface area contributed by atoms with Crippen molar-refractivity contribution in [3.8, 4) is 17.0 Å². The smallest absolute Gasteiger partial charge is 0.120 e. The molecule has 1 aromatic heterocycles. The van der Waals surface area contributed by atoms with E-state index in [1.165, 1.54) is 0 Å². The van der Waals surface area contributed by atoms with Gasteiger partial charge in [0, 0.05) is 30.7 Å². The van der Waals surface area contributed by atoms with Crippen molar-refractivity contribution in [3.63, 3.8) is 0 Å². The van der Waals surface area contributed by atoms with Gasteiger partial charge in [0.15, 0.2) is 0 Å². The molecular formula is C20H22N2O3. The van der Waals surface area contributed by atoms with E-state index >= 15 is 0 Å². The summed E-state index contributed by atoms with van der Waals surface area (Å²) in [5, 5.41) is 19.1. The van der Waals surface area contributed by atoms with E-state index in [1.54, 1.807) is 0 Å². The fourth-order valence-corrected chi connectivity index (χ4v) is 2.53. The van der Waals surface area contributed by atoms with Crippen LogP contribution < -0.4 is 9.64 Å². The Labute approximate surface area is 147 Å². The third-order valence-corrected chi connectivity index (χ3v) is 3.99. The number of anilines is 1. The minimum Gasteiger partial charge on any atom is -0.491 e. The molecule has 0 unspecified atom stereocenters. The van der Waals surface area contributed by atoms with Crippen LogP contribution in [0, 0.1) is 0 Å². The molecule has 0 amide bonds. The van der Waals surface area contributed by atoms with Crippen LogP contribution >= 0.6 is 0 Å². The second-order valence-corrected chi connectivity index (χ2v) is 6.14. The summed E-state index contributed by atoms with van der Waals surface area (Å²) in [7, 11) is 4.03. The number of aliphatic hydroxyl groups excluding tert-OH is 2. The third kappa shape index (κ3) is 4.07. The van der Waals surface area contributed by atoms with E-state index in [0.717, 1.165) is 27.8 Å². The number of hydrogen-bond acceptors (Lipinski definition) is 5. The predicted octanol–water partition coefficient (Wildman–Crippen LogP) is 2.70. The molecule has 5 nitrogen and oxygen atoms in total. The van der Waals surface area contributed by atoms with Gasteiger partial charge in [-0.25, -0.2) is 4.98 Å². The zero-order valence-corrected chi connectivity index (χ0v) is 14.4. The molecule has 0 saturated heterocycles. The first-order chi connectivity index (χ1) is 12.1. The standard InChI is InChI=1S/C20H22N2O3/c1-22(2)16-6-3-14(4-7-16)19-9-5-15-11-18(8-10-20(15)21-19)25-13-17(24)12-23/h3-11,17,23-24H,12-13H2,1-2H3/t17-/m1/s1. The number of pyridine rings is 1. The number of nitrogens with zero attached hydrogens (tertiary/aromatic N) is 2. The van der Waals surface area contributed by atoms with Gasteiger partial charge in [-0.3, -0.25) is 0 Å². The molecule has 0 aliphatic heterocycles. The zero-order valence-electron chi connectivity index (χ0n) is 14.4. The first-order valence-electron chi connectivity index (χ1n) is 8.17. The lowest BCUT2D eigenvalue weighted by Crippen LogP contribution is -2.21. The monoisotopic (exact) mass is 338 g/mol. The molecule has 3 aromatic rings. The summed E-state index contributed by atoms with van der Waals surface area (Å²) in [6.07, 6.45) is -0.874. The highest BCUT2D eigenvalue weighted by Gasteiger charge is 2.06. The van der Waals surface area contributed by atoms with Gasteiger partial charge in [-0.15, -0.1) is 0 Å². The number of aliphatic hydroxyl groups is 2. The molecule has 0 radical (unpaired) electrons. The Morgan fingerprint density at radius 3 is 2.48 bits per heavy atom. The SMILES string of the molecule is CN(C)c1ccc(-c2ccc3cc(OC[C@H](O)CO)ccc3n2)cc1. The van der Waals surface area contributed by atoms with Gasteiger partial charge in [0.1, 0.15) is 18.5 Å². The van der Waals surface area contributed by atoms with Gasteiger partial charge in [-0.05, 0) is 36.4 Å². The van der Waals surface area contributed by atoms with Crippen molar-refractivity contribution >= 4 is 16.6 Å². The van der Waals surface area contributed by atoms with Crippen LogP contribution in [0.15, 0.2) is 54.6 Å². The molecule has 0 bridgehead atoms. The van der Waals surface area contributed by atoms with E-state index in [9.17, 15) is 5.11 Å². The van der Waals surface area contributed by atoms with Crippen molar-refractivity contribution in [2.24, 2.45) is 0 Å². The summed E-state index contributed by atoms with van der Waals surface area (Å²) >= 11 is 0. The molecule has 3 rings (SSSR count). The maximum absolute atomic E-state index is 9.36. The van der Waals surface area contributed by atoms with Crippen molar-refractivity contribution in [2.75, 3.05) is 32.2 Å². The fourth-order valence-electron chi connectivity index (χ4n) is 2.53. The maximum Gasteiger partial charge on any atom is 0.120 e. The van der Waals surface area contributed by atoms with Crippen LogP contribution in [0.5, 0.6) is 5.75 Å². The van der Waals surface area contributed by atoms with Crippen molar-refractivity contribution in [2.45, 2.75) is 6.10 Å². The van der Waals surface area contributed by atoms with E-state index in [0.29, 0.717) is 5.75 Å². The Hall–Kier alpha value is -2.63. The minimum absolute atomic E-state index is 0.0613. The van der Waals surface area contributed by atoms with E-state index in [1.807, 2.05) is 44.4 Å². The van der Waals surface area contributed by atoms with E-state index < -0.39 is 6.10 Å². The Kier molecular flexibility index (Phi) is 5.16. The van der Waals surface area contributed by atoms with E-state index in [2.05, 4.69) is 29.2 Å². The highest BCUT2D eigenvalue weighted by Crippen LogP contribution is 2.25. The lowest BCUT2D eigenvalue weighted by Gasteiger charge is -2.13. The molecular weight excluding hydrogens is 316 g/mol. The average Bonchev–Trinajstić information content (AvgIpc) is 2.65. The van der Waals surface area contributed by atoms with Gasteiger partial charge in [0.05, 0.1) is 17.8 Å². The quantitative estimate of drug-likeness (QED) is 0.723. The largest absolute Gasteiger partial charge is 0.491 e. The van der Waals surface area contributed by atoms with Crippen LogP contribution in [0.25, 0.3) is 22.2 Å². The Bertz CT molecular complexity index is 847. The molecule has 0 saturated carbocycles. The number of ether oxygens (including phenoxy) is 1. The Balaban J connectivity index is 1.82. The average molecular weight is 338 g/mol. The number of aromatic nitrogens is 1. The van der Waals surface area contributed by atoms with Gasteiger partial charge in [-0.1, -0.05) is 18.2 Å². The van der Waals surface area contributed by atoms with Gasteiger partial charge in [0.2, 0.25) is 0 Å². The lowest BCUT2D eigenvalue weighted by atomic mass is 10.1. The van der Waals surface area contributed by atoms with Crippen molar-refractivity contribution in [1.82, 2.24) is 4.98 Å². The summed E-state index contributed by atoms with van der Waals surface area (Å²) in [5.41, 5.74) is 4.02. The summed E-state index contributed by atoms with van der Waals surface area (Å²) in [5.74, 6) is 0.643. The summed E-state index contributed by atoms with van der Waals surface area (Å²) in [6.45, 7) is -0.253. The van der Waals surface area contributed by atoms with Gasteiger partial charge in [0.25, 0.3) is 0 Å². The Morgan fingerprint density at radius 2 is 1.80 bits per heavy atom. The molecule has 25 heavy (non-hydrogen) atoms. The first-order valence-corrected chi connectivity index (χ1v) is 8.17. The van der Waals surface area contributed by atoms with Gasteiger partial charge < -0.3 is 19.8 Å². The Morgan fingerprint density at radius 1 is 1.04 bits per heavy atom. The topological polar surface area (TPSA) is 65.8 Å². The predicted molar refractivity (Wildman–Crippen MR) is 100 cm³/mol. The molecule has 0 fully saturated rings.